The highest BCUT2D eigenvalue weighted by Gasteiger charge is 2.24. The Balaban J connectivity index is 2.03. The van der Waals surface area contributed by atoms with E-state index in [0.717, 1.165) is 18.7 Å². The van der Waals surface area contributed by atoms with Crippen LogP contribution < -0.4 is 0 Å². The highest BCUT2D eigenvalue weighted by Crippen LogP contribution is 2.23. The number of aliphatic hydroxyl groups excluding tert-OH is 1. The molecule has 2 rings (SSSR count). The zero-order valence-corrected chi connectivity index (χ0v) is 9.26. The highest BCUT2D eigenvalue weighted by molar-refractivity contribution is 5.18. The van der Waals surface area contributed by atoms with E-state index in [0.29, 0.717) is 0 Å². The Morgan fingerprint density at radius 1 is 1.13 bits per heavy atom. The van der Waals surface area contributed by atoms with Crippen molar-refractivity contribution in [1.29, 1.82) is 0 Å². The number of likely N-dealkylation sites (tertiary alicyclic amines) is 1. The molecule has 1 aliphatic rings. The standard InChI is InChI=1S/C13H19NO/c1-11(14-9-5-6-10-14)13(15)12-7-3-2-4-8-12/h2-4,7-8,11,13,15H,5-6,9-10H2,1H3/t11?,13-/m0/s1. The summed E-state index contributed by atoms with van der Waals surface area (Å²) in [5.74, 6) is 0. The summed E-state index contributed by atoms with van der Waals surface area (Å²) in [5.41, 5.74) is 1.02. The summed E-state index contributed by atoms with van der Waals surface area (Å²) in [6, 6.07) is 10.2. The number of rotatable bonds is 3. The van der Waals surface area contributed by atoms with Gasteiger partial charge in [0.1, 0.15) is 0 Å². The molecule has 1 aliphatic heterocycles. The van der Waals surface area contributed by atoms with Crippen molar-refractivity contribution < 1.29 is 5.11 Å². The molecule has 82 valence electrons. The average Bonchev–Trinajstić information content (AvgIpc) is 2.82. The summed E-state index contributed by atoms with van der Waals surface area (Å²) >= 11 is 0. The molecule has 0 radical (unpaired) electrons. The normalized spacial score (nSPS) is 21.5. The Labute approximate surface area is 91.5 Å². The van der Waals surface area contributed by atoms with Crippen LogP contribution in [0.15, 0.2) is 30.3 Å². The molecule has 2 heteroatoms. The minimum Gasteiger partial charge on any atom is -0.387 e. The lowest BCUT2D eigenvalue weighted by Crippen LogP contribution is -2.35. The van der Waals surface area contributed by atoms with Gasteiger partial charge in [0, 0.05) is 6.04 Å². The van der Waals surface area contributed by atoms with Crippen LogP contribution >= 0.6 is 0 Å². The summed E-state index contributed by atoms with van der Waals surface area (Å²) in [6.07, 6.45) is 2.18. The van der Waals surface area contributed by atoms with Gasteiger partial charge in [0.25, 0.3) is 0 Å². The Morgan fingerprint density at radius 2 is 1.73 bits per heavy atom. The van der Waals surface area contributed by atoms with Gasteiger partial charge in [-0.05, 0) is 38.4 Å². The van der Waals surface area contributed by atoms with Crippen molar-refractivity contribution in [3.05, 3.63) is 35.9 Å². The van der Waals surface area contributed by atoms with Crippen LogP contribution in [-0.4, -0.2) is 29.1 Å². The quantitative estimate of drug-likeness (QED) is 0.817. The van der Waals surface area contributed by atoms with E-state index < -0.39 is 0 Å². The van der Waals surface area contributed by atoms with E-state index in [1.54, 1.807) is 0 Å². The Kier molecular flexibility index (Phi) is 3.39. The van der Waals surface area contributed by atoms with Gasteiger partial charge in [0.15, 0.2) is 0 Å². The van der Waals surface area contributed by atoms with Gasteiger partial charge >= 0.3 is 0 Å². The molecule has 1 fully saturated rings. The highest BCUT2D eigenvalue weighted by atomic mass is 16.3. The second-order valence-electron chi connectivity index (χ2n) is 4.34. The fourth-order valence-corrected chi connectivity index (χ4v) is 2.28. The summed E-state index contributed by atoms with van der Waals surface area (Å²) in [4.78, 5) is 2.37. The SMILES string of the molecule is CC([C@H](O)c1ccccc1)N1CCCC1. The first-order valence-corrected chi connectivity index (χ1v) is 5.76. The number of aliphatic hydroxyl groups is 1. The number of nitrogens with zero attached hydrogens (tertiary/aromatic N) is 1. The topological polar surface area (TPSA) is 23.5 Å². The van der Waals surface area contributed by atoms with E-state index in [9.17, 15) is 5.11 Å². The molecule has 1 aromatic rings. The maximum Gasteiger partial charge on any atom is 0.0942 e. The molecule has 15 heavy (non-hydrogen) atoms. The molecule has 0 saturated carbocycles. The molecular weight excluding hydrogens is 186 g/mol. The monoisotopic (exact) mass is 205 g/mol. The summed E-state index contributed by atoms with van der Waals surface area (Å²) in [6.45, 7) is 4.37. The van der Waals surface area contributed by atoms with Crippen molar-refractivity contribution in [2.45, 2.75) is 31.9 Å². The van der Waals surface area contributed by atoms with Crippen molar-refractivity contribution in [2.75, 3.05) is 13.1 Å². The largest absolute Gasteiger partial charge is 0.387 e. The minimum absolute atomic E-state index is 0.231. The molecule has 0 spiro atoms. The summed E-state index contributed by atoms with van der Waals surface area (Å²) in [7, 11) is 0. The molecule has 1 N–H and O–H groups in total. The van der Waals surface area contributed by atoms with E-state index in [1.807, 2.05) is 30.3 Å². The third-order valence-corrected chi connectivity index (χ3v) is 3.31. The Morgan fingerprint density at radius 3 is 2.33 bits per heavy atom. The second-order valence-corrected chi connectivity index (χ2v) is 4.34. The molecule has 1 heterocycles. The van der Waals surface area contributed by atoms with Gasteiger partial charge < -0.3 is 5.11 Å². The molecule has 1 unspecified atom stereocenters. The number of hydrogen-bond donors (Lipinski definition) is 1. The smallest absolute Gasteiger partial charge is 0.0942 e. The van der Waals surface area contributed by atoms with Gasteiger partial charge in [-0.25, -0.2) is 0 Å². The predicted octanol–water partition coefficient (Wildman–Crippen LogP) is 2.20. The van der Waals surface area contributed by atoms with E-state index in [4.69, 9.17) is 0 Å². The van der Waals surface area contributed by atoms with Crippen LogP contribution in [0.3, 0.4) is 0 Å². The van der Waals surface area contributed by atoms with E-state index in [1.165, 1.54) is 12.8 Å². The van der Waals surface area contributed by atoms with E-state index >= 15 is 0 Å². The first-order chi connectivity index (χ1) is 7.29. The van der Waals surface area contributed by atoms with E-state index in [-0.39, 0.29) is 12.1 Å². The first kappa shape index (κ1) is 10.7. The zero-order valence-electron chi connectivity index (χ0n) is 9.26. The maximum atomic E-state index is 10.2. The molecule has 1 saturated heterocycles. The van der Waals surface area contributed by atoms with Gasteiger partial charge in [-0.15, -0.1) is 0 Å². The molecule has 0 aliphatic carbocycles. The predicted molar refractivity (Wildman–Crippen MR) is 61.7 cm³/mol. The van der Waals surface area contributed by atoms with Crippen molar-refractivity contribution >= 4 is 0 Å². The van der Waals surface area contributed by atoms with Gasteiger partial charge in [-0.2, -0.15) is 0 Å². The summed E-state index contributed by atoms with van der Waals surface area (Å²) in [5, 5.41) is 10.2. The molecular formula is C13H19NO. The third kappa shape index (κ3) is 2.39. The van der Waals surface area contributed by atoms with Crippen LogP contribution in [0.1, 0.15) is 31.4 Å². The van der Waals surface area contributed by atoms with Crippen LogP contribution in [0.4, 0.5) is 0 Å². The Bertz CT molecular complexity index is 293. The van der Waals surface area contributed by atoms with Gasteiger partial charge in [-0.3, -0.25) is 4.90 Å². The lowest BCUT2D eigenvalue weighted by molar-refractivity contribution is 0.0716. The lowest BCUT2D eigenvalue weighted by atomic mass is 10.0. The second kappa shape index (κ2) is 4.77. The van der Waals surface area contributed by atoms with Gasteiger partial charge in [0.05, 0.1) is 6.10 Å². The van der Waals surface area contributed by atoms with Crippen LogP contribution in [0.2, 0.25) is 0 Å². The van der Waals surface area contributed by atoms with Crippen molar-refractivity contribution in [2.24, 2.45) is 0 Å². The number of benzene rings is 1. The fraction of sp³-hybridized carbons (Fsp3) is 0.538. The van der Waals surface area contributed by atoms with Crippen LogP contribution in [0.5, 0.6) is 0 Å². The lowest BCUT2D eigenvalue weighted by Gasteiger charge is -2.28. The molecule has 2 atom stereocenters. The Hall–Kier alpha value is -0.860. The molecule has 0 amide bonds. The number of hydrogen-bond acceptors (Lipinski definition) is 2. The van der Waals surface area contributed by atoms with Crippen LogP contribution in [0.25, 0.3) is 0 Å². The zero-order chi connectivity index (χ0) is 10.7. The van der Waals surface area contributed by atoms with Gasteiger partial charge in [-0.1, -0.05) is 30.3 Å². The molecule has 2 nitrogen and oxygen atoms in total. The average molecular weight is 205 g/mol. The molecule has 0 bridgehead atoms. The third-order valence-electron chi connectivity index (χ3n) is 3.31. The van der Waals surface area contributed by atoms with E-state index in [2.05, 4.69) is 11.8 Å². The van der Waals surface area contributed by atoms with Crippen LogP contribution in [-0.2, 0) is 0 Å². The van der Waals surface area contributed by atoms with Crippen molar-refractivity contribution in [1.82, 2.24) is 4.90 Å². The van der Waals surface area contributed by atoms with Crippen LogP contribution in [0, 0.1) is 0 Å². The van der Waals surface area contributed by atoms with Crippen molar-refractivity contribution in [3.63, 3.8) is 0 Å². The summed E-state index contributed by atoms with van der Waals surface area (Å²) < 4.78 is 0. The minimum atomic E-state index is -0.357. The fourth-order valence-electron chi connectivity index (χ4n) is 2.28. The first-order valence-electron chi connectivity index (χ1n) is 5.76. The molecule has 1 aromatic carbocycles. The van der Waals surface area contributed by atoms with Crippen molar-refractivity contribution in [3.8, 4) is 0 Å². The maximum absolute atomic E-state index is 10.2. The van der Waals surface area contributed by atoms with Gasteiger partial charge in [0.2, 0.25) is 0 Å². The molecule has 0 aromatic heterocycles.